The first kappa shape index (κ1) is 12.7. The Morgan fingerprint density at radius 3 is 2.79 bits per heavy atom. The zero-order valence-corrected chi connectivity index (χ0v) is 11.6. The van der Waals surface area contributed by atoms with Crippen molar-refractivity contribution in [3.8, 4) is 0 Å². The fourth-order valence-electron chi connectivity index (χ4n) is 3.05. The molecule has 1 saturated carbocycles. The summed E-state index contributed by atoms with van der Waals surface area (Å²) in [6.45, 7) is 2.11. The van der Waals surface area contributed by atoms with E-state index in [1.807, 2.05) is 19.3 Å². The van der Waals surface area contributed by atoms with Gasteiger partial charge in [0.05, 0.1) is 0 Å². The first-order chi connectivity index (χ1) is 9.35. The standard InChI is InChI=1S/C14H23N5/c1-15-12-7-9-19(10-12)13-6-8-16-14(18-13)17-11-4-2-3-5-11/h6,8,11-12,15H,2-5,7,9-10H2,1H3,(H,16,17,18)/t12-/m0/s1. The van der Waals surface area contributed by atoms with E-state index in [2.05, 4.69) is 25.5 Å². The van der Waals surface area contributed by atoms with Gasteiger partial charge in [-0.3, -0.25) is 0 Å². The summed E-state index contributed by atoms with van der Waals surface area (Å²) >= 11 is 0. The Bertz CT molecular complexity index is 416. The molecule has 2 heterocycles. The highest BCUT2D eigenvalue weighted by Gasteiger charge is 2.22. The molecule has 1 aromatic heterocycles. The van der Waals surface area contributed by atoms with Gasteiger partial charge >= 0.3 is 0 Å². The highest BCUT2D eigenvalue weighted by atomic mass is 15.3. The Kier molecular flexibility index (Phi) is 3.82. The van der Waals surface area contributed by atoms with Crippen LogP contribution in [0.5, 0.6) is 0 Å². The molecule has 2 aliphatic rings. The van der Waals surface area contributed by atoms with Crippen LogP contribution in [0.15, 0.2) is 12.3 Å². The maximum atomic E-state index is 4.66. The Hall–Kier alpha value is -1.36. The number of hydrogen-bond donors (Lipinski definition) is 2. The highest BCUT2D eigenvalue weighted by Crippen LogP contribution is 2.22. The number of hydrogen-bond acceptors (Lipinski definition) is 5. The Balaban J connectivity index is 1.65. The average molecular weight is 261 g/mol. The number of nitrogens with one attached hydrogen (secondary N) is 2. The van der Waals surface area contributed by atoms with Gasteiger partial charge in [0.15, 0.2) is 0 Å². The minimum absolute atomic E-state index is 0.568. The van der Waals surface area contributed by atoms with E-state index in [1.165, 1.54) is 32.1 Å². The average Bonchev–Trinajstić information content (AvgIpc) is 3.09. The first-order valence-corrected chi connectivity index (χ1v) is 7.37. The number of aromatic nitrogens is 2. The second-order valence-corrected chi connectivity index (χ2v) is 5.58. The topological polar surface area (TPSA) is 53.1 Å². The van der Waals surface area contributed by atoms with Gasteiger partial charge in [-0.25, -0.2) is 4.98 Å². The largest absolute Gasteiger partial charge is 0.355 e. The second-order valence-electron chi connectivity index (χ2n) is 5.58. The Morgan fingerprint density at radius 2 is 2.05 bits per heavy atom. The smallest absolute Gasteiger partial charge is 0.224 e. The molecule has 1 aliphatic carbocycles. The molecule has 2 fully saturated rings. The van der Waals surface area contributed by atoms with Crippen molar-refractivity contribution in [1.82, 2.24) is 15.3 Å². The Morgan fingerprint density at radius 1 is 1.21 bits per heavy atom. The van der Waals surface area contributed by atoms with Crippen LogP contribution in [0.4, 0.5) is 11.8 Å². The van der Waals surface area contributed by atoms with E-state index in [0.717, 1.165) is 24.9 Å². The minimum atomic E-state index is 0.568. The summed E-state index contributed by atoms with van der Waals surface area (Å²) in [4.78, 5) is 11.3. The molecule has 0 amide bonds. The van der Waals surface area contributed by atoms with Crippen molar-refractivity contribution in [3.63, 3.8) is 0 Å². The third kappa shape index (κ3) is 2.97. The quantitative estimate of drug-likeness (QED) is 0.863. The number of nitrogens with zero attached hydrogens (tertiary/aromatic N) is 3. The van der Waals surface area contributed by atoms with Crippen LogP contribution in [0.3, 0.4) is 0 Å². The van der Waals surface area contributed by atoms with Gasteiger partial charge in [0, 0.05) is 31.4 Å². The van der Waals surface area contributed by atoms with Crippen LogP contribution >= 0.6 is 0 Å². The molecular weight excluding hydrogens is 238 g/mol. The summed E-state index contributed by atoms with van der Waals surface area (Å²) in [5, 5.41) is 6.80. The molecule has 5 heteroatoms. The molecule has 104 valence electrons. The van der Waals surface area contributed by atoms with Gasteiger partial charge in [0.2, 0.25) is 5.95 Å². The third-order valence-corrected chi connectivity index (χ3v) is 4.25. The van der Waals surface area contributed by atoms with Crippen LogP contribution in [0.25, 0.3) is 0 Å². The van der Waals surface area contributed by atoms with Crippen LogP contribution in [-0.4, -0.2) is 42.2 Å². The molecule has 5 nitrogen and oxygen atoms in total. The summed E-state index contributed by atoms with van der Waals surface area (Å²) in [5.41, 5.74) is 0. The first-order valence-electron chi connectivity index (χ1n) is 7.37. The number of rotatable bonds is 4. The highest BCUT2D eigenvalue weighted by molar-refractivity contribution is 5.44. The van der Waals surface area contributed by atoms with Crippen molar-refractivity contribution in [1.29, 1.82) is 0 Å². The molecule has 0 bridgehead atoms. The Labute approximate surface area is 114 Å². The van der Waals surface area contributed by atoms with Crippen molar-refractivity contribution in [2.75, 3.05) is 30.4 Å². The van der Waals surface area contributed by atoms with Gasteiger partial charge in [0.25, 0.3) is 0 Å². The summed E-state index contributed by atoms with van der Waals surface area (Å²) < 4.78 is 0. The van der Waals surface area contributed by atoms with Gasteiger partial charge < -0.3 is 15.5 Å². The molecule has 1 aromatic rings. The van der Waals surface area contributed by atoms with Crippen LogP contribution in [-0.2, 0) is 0 Å². The summed E-state index contributed by atoms with van der Waals surface area (Å²) in [6, 6.07) is 3.16. The summed E-state index contributed by atoms with van der Waals surface area (Å²) in [5.74, 6) is 1.84. The molecule has 3 rings (SSSR count). The van der Waals surface area contributed by atoms with Crippen molar-refractivity contribution >= 4 is 11.8 Å². The molecular formula is C14H23N5. The lowest BCUT2D eigenvalue weighted by molar-refractivity contribution is 0.616. The molecule has 0 unspecified atom stereocenters. The van der Waals surface area contributed by atoms with E-state index in [-0.39, 0.29) is 0 Å². The monoisotopic (exact) mass is 261 g/mol. The molecule has 19 heavy (non-hydrogen) atoms. The summed E-state index contributed by atoms with van der Waals surface area (Å²) in [6.07, 6.45) is 8.21. The van der Waals surface area contributed by atoms with Crippen LogP contribution < -0.4 is 15.5 Å². The molecule has 1 saturated heterocycles. The maximum Gasteiger partial charge on any atom is 0.224 e. The molecule has 1 aliphatic heterocycles. The predicted octanol–water partition coefficient (Wildman–Crippen LogP) is 1.63. The van der Waals surface area contributed by atoms with Gasteiger partial charge in [0.1, 0.15) is 5.82 Å². The molecule has 0 radical (unpaired) electrons. The zero-order valence-electron chi connectivity index (χ0n) is 11.6. The SMILES string of the molecule is CN[C@H]1CCN(c2ccnc(NC3CCCC3)n2)C1. The van der Waals surface area contributed by atoms with Crippen molar-refractivity contribution < 1.29 is 0 Å². The number of anilines is 2. The molecule has 1 atom stereocenters. The maximum absolute atomic E-state index is 4.66. The second kappa shape index (κ2) is 5.74. The fourth-order valence-corrected chi connectivity index (χ4v) is 3.05. The fraction of sp³-hybridized carbons (Fsp3) is 0.714. The number of likely N-dealkylation sites (N-methyl/N-ethyl adjacent to an activating group) is 1. The van der Waals surface area contributed by atoms with Gasteiger partial charge in [-0.1, -0.05) is 12.8 Å². The van der Waals surface area contributed by atoms with E-state index in [0.29, 0.717) is 12.1 Å². The lowest BCUT2D eigenvalue weighted by atomic mass is 10.2. The summed E-state index contributed by atoms with van der Waals surface area (Å²) in [7, 11) is 2.03. The van der Waals surface area contributed by atoms with Crippen molar-refractivity contribution in [2.24, 2.45) is 0 Å². The van der Waals surface area contributed by atoms with Crippen LogP contribution in [0, 0.1) is 0 Å². The van der Waals surface area contributed by atoms with E-state index in [4.69, 9.17) is 0 Å². The lowest BCUT2D eigenvalue weighted by Crippen LogP contribution is -2.30. The van der Waals surface area contributed by atoms with E-state index in [9.17, 15) is 0 Å². The van der Waals surface area contributed by atoms with Gasteiger partial charge in [-0.05, 0) is 32.4 Å². The third-order valence-electron chi connectivity index (χ3n) is 4.25. The molecule has 0 aromatic carbocycles. The van der Waals surface area contributed by atoms with Crippen LogP contribution in [0.1, 0.15) is 32.1 Å². The molecule has 0 spiro atoms. The normalized spacial score (nSPS) is 24.1. The minimum Gasteiger partial charge on any atom is -0.355 e. The van der Waals surface area contributed by atoms with Crippen molar-refractivity contribution in [3.05, 3.63) is 12.3 Å². The van der Waals surface area contributed by atoms with E-state index < -0.39 is 0 Å². The molecule has 2 N–H and O–H groups in total. The lowest BCUT2D eigenvalue weighted by Gasteiger charge is -2.19. The zero-order chi connectivity index (χ0) is 13.1. The van der Waals surface area contributed by atoms with E-state index in [1.54, 1.807) is 0 Å². The van der Waals surface area contributed by atoms with Gasteiger partial charge in [-0.2, -0.15) is 4.98 Å². The van der Waals surface area contributed by atoms with E-state index >= 15 is 0 Å². The van der Waals surface area contributed by atoms with Gasteiger partial charge in [-0.15, -0.1) is 0 Å². The van der Waals surface area contributed by atoms with Crippen LogP contribution in [0.2, 0.25) is 0 Å². The van der Waals surface area contributed by atoms with Crippen molar-refractivity contribution in [2.45, 2.75) is 44.2 Å². The predicted molar refractivity (Wildman–Crippen MR) is 77.6 cm³/mol.